The first kappa shape index (κ1) is 13.2. The van der Waals surface area contributed by atoms with Crippen molar-refractivity contribution in [3.8, 4) is 11.5 Å². The van der Waals surface area contributed by atoms with Crippen LogP contribution in [0, 0.1) is 5.41 Å². The monoisotopic (exact) mass is 249 g/mol. The summed E-state index contributed by atoms with van der Waals surface area (Å²) in [7, 11) is 1.61. The van der Waals surface area contributed by atoms with Gasteiger partial charge in [0.25, 0.3) is 0 Å². The fraction of sp³-hybridized carbons (Fsp3) is 0.600. The van der Waals surface area contributed by atoms with Gasteiger partial charge in [-0.25, -0.2) is 0 Å². The molecule has 0 spiro atoms. The fourth-order valence-corrected chi connectivity index (χ4v) is 2.61. The number of phenols is 1. The Morgan fingerprint density at radius 1 is 1.39 bits per heavy atom. The first-order valence-electron chi connectivity index (χ1n) is 6.76. The van der Waals surface area contributed by atoms with Crippen LogP contribution in [-0.4, -0.2) is 18.8 Å². The summed E-state index contributed by atoms with van der Waals surface area (Å²) in [6.45, 7) is 4.04. The van der Waals surface area contributed by atoms with Gasteiger partial charge in [-0.15, -0.1) is 0 Å². The molecule has 3 nitrogen and oxygen atoms in total. The van der Waals surface area contributed by atoms with Crippen molar-refractivity contribution >= 4 is 0 Å². The van der Waals surface area contributed by atoms with E-state index in [-0.39, 0.29) is 0 Å². The van der Waals surface area contributed by atoms with E-state index in [1.54, 1.807) is 13.2 Å². The van der Waals surface area contributed by atoms with Crippen LogP contribution < -0.4 is 10.1 Å². The molecule has 0 saturated heterocycles. The minimum atomic E-state index is 0.306. The van der Waals surface area contributed by atoms with Crippen LogP contribution in [0.5, 0.6) is 11.5 Å². The average Bonchev–Trinajstić information content (AvgIpc) is 2.34. The van der Waals surface area contributed by atoms with Crippen LogP contribution in [0.25, 0.3) is 0 Å². The SMILES string of the molecule is CCC1(CNCc2ccc(OC)cc2O)CCC1. The van der Waals surface area contributed by atoms with E-state index in [9.17, 15) is 5.11 Å². The van der Waals surface area contributed by atoms with Crippen molar-refractivity contribution in [1.29, 1.82) is 0 Å². The van der Waals surface area contributed by atoms with E-state index in [1.165, 1.54) is 25.7 Å². The third-order valence-electron chi connectivity index (χ3n) is 4.27. The van der Waals surface area contributed by atoms with Gasteiger partial charge in [0, 0.05) is 24.7 Å². The van der Waals surface area contributed by atoms with Crippen LogP contribution in [0.3, 0.4) is 0 Å². The van der Waals surface area contributed by atoms with Crippen LogP contribution >= 0.6 is 0 Å². The zero-order chi connectivity index (χ0) is 13.0. The molecular weight excluding hydrogens is 226 g/mol. The summed E-state index contributed by atoms with van der Waals surface area (Å²) in [5.41, 5.74) is 1.45. The highest BCUT2D eigenvalue weighted by Crippen LogP contribution is 2.43. The predicted octanol–water partition coefficient (Wildman–Crippen LogP) is 3.07. The van der Waals surface area contributed by atoms with Crippen LogP contribution in [0.2, 0.25) is 0 Å². The van der Waals surface area contributed by atoms with E-state index >= 15 is 0 Å². The number of rotatable bonds is 6. The smallest absolute Gasteiger partial charge is 0.123 e. The van der Waals surface area contributed by atoms with Gasteiger partial charge < -0.3 is 15.2 Å². The quantitative estimate of drug-likeness (QED) is 0.814. The van der Waals surface area contributed by atoms with E-state index in [1.807, 2.05) is 12.1 Å². The molecule has 0 aromatic heterocycles. The van der Waals surface area contributed by atoms with E-state index in [0.717, 1.165) is 18.7 Å². The Balaban J connectivity index is 1.86. The maximum Gasteiger partial charge on any atom is 0.123 e. The number of ether oxygens (including phenoxy) is 1. The minimum absolute atomic E-state index is 0.306. The molecule has 100 valence electrons. The molecule has 1 aromatic rings. The maximum absolute atomic E-state index is 9.86. The molecule has 0 radical (unpaired) electrons. The summed E-state index contributed by atoms with van der Waals surface area (Å²) < 4.78 is 5.07. The van der Waals surface area contributed by atoms with E-state index in [0.29, 0.717) is 16.9 Å². The molecule has 0 atom stereocenters. The van der Waals surface area contributed by atoms with Gasteiger partial charge in [-0.2, -0.15) is 0 Å². The van der Waals surface area contributed by atoms with Crippen molar-refractivity contribution in [1.82, 2.24) is 5.32 Å². The zero-order valence-corrected chi connectivity index (χ0v) is 11.3. The van der Waals surface area contributed by atoms with Gasteiger partial charge in [0.2, 0.25) is 0 Å². The number of hydrogen-bond donors (Lipinski definition) is 2. The second-order valence-electron chi connectivity index (χ2n) is 5.31. The Labute approximate surface area is 109 Å². The van der Waals surface area contributed by atoms with Gasteiger partial charge in [-0.1, -0.05) is 19.4 Å². The summed E-state index contributed by atoms with van der Waals surface area (Å²) in [5.74, 6) is 1.00. The van der Waals surface area contributed by atoms with E-state index in [2.05, 4.69) is 12.2 Å². The lowest BCUT2D eigenvalue weighted by atomic mass is 9.67. The van der Waals surface area contributed by atoms with Crippen molar-refractivity contribution < 1.29 is 9.84 Å². The summed E-state index contributed by atoms with van der Waals surface area (Å²) in [6.07, 6.45) is 5.29. The molecule has 2 N–H and O–H groups in total. The topological polar surface area (TPSA) is 41.5 Å². The largest absolute Gasteiger partial charge is 0.507 e. The van der Waals surface area contributed by atoms with Crippen LogP contribution in [-0.2, 0) is 6.54 Å². The molecule has 1 saturated carbocycles. The lowest BCUT2D eigenvalue weighted by Gasteiger charge is -2.41. The highest BCUT2D eigenvalue weighted by atomic mass is 16.5. The minimum Gasteiger partial charge on any atom is -0.507 e. The van der Waals surface area contributed by atoms with Gasteiger partial charge in [0.1, 0.15) is 11.5 Å². The van der Waals surface area contributed by atoms with Gasteiger partial charge in [-0.3, -0.25) is 0 Å². The Hall–Kier alpha value is -1.22. The molecule has 1 aliphatic carbocycles. The average molecular weight is 249 g/mol. The molecule has 0 unspecified atom stereocenters. The molecule has 1 aliphatic rings. The number of hydrogen-bond acceptors (Lipinski definition) is 3. The van der Waals surface area contributed by atoms with Gasteiger partial charge in [0.15, 0.2) is 0 Å². The fourth-order valence-electron chi connectivity index (χ4n) is 2.61. The number of aromatic hydroxyl groups is 1. The molecule has 1 fully saturated rings. The maximum atomic E-state index is 9.86. The number of phenolic OH excluding ortho intramolecular Hbond substituents is 1. The summed E-state index contributed by atoms with van der Waals surface area (Å²) in [5, 5.41) is 13.3. The van der Waals surface area contributed by atoms with Crippen LogP contribution in [0.4, 0.5) is 0 Å². The van der Waals surface area contributed by atoms with Crippen molar-refractivity contribution in [2.45, 2.75) is 39.2 Å². The van der Waals surface area contributed by atoms with Crippen LogP contribution in [0.1, 0.15) is 38.2 Å². The molecule has 18 heavy (non-hydrogen) atoms. The van der Waals surface area contributed by atoms with E-state index in [4.69, 9.17) is 4.74 Å². The number of benzene rings is 1. The van der Waals surface area contributed by atoms with Gasteiger partial charge >= 0.3 is 0 Å². The summed E-state index contributed by atoms with van der Waals surface area (Å²) >= 11 is 0. The number of methoxy groups -OCH3 is 1. The molecule has 0 bridgehead atoms. The molecule has 3 heteroatoms. The number of nitrogens with one attached hydrogen (secondary N) is 1. The second-order valence-corrected chi connectivity index (χ2v) is 5.31. The highest BCUT2D eigenvalue weighted by molar-refractivity contribution is 5.39. The molecule has 0 heterocycles. The third kappa shape index (κ3) is 2.78. The molecule has 2 rings (SSSR count). The molecule has 0 aliphatic heterocycles. The Kier molecular flexibility index (Phi) is 4.12. The highest BCUT2D eigenvalue weighted by Gasteiger charge is 2.34. The third-order valence-corrected chi connectivity index (χ3v) is 4.27. The van der Waals surface area contributed by atoms with Crippen molar-refractivity contribution in [2.24, 2.45) is 5.41 Å². The van der Waals surface area contributed by atoms with Gasteiger partial charge in [0.05, 0.1) is 7.11 Å². The standard InChI is InChI=1S/C15H23NO2/c1-3-15(7-4-8-15)11-16-10-12-5-6-13(18-2)9-14(12)17/h5-6,9,16-17H,3-4,7-8,10-11H2,1-2H3. The second kappa shape index (κ2) is 5.61. The van der Waals surface area contributed by atoms with Crippen LogP contribution in [0.15, 0.2) is 18.2 Å². The summed E-state index contributed by atoms with van der Waals surface area (Å²) in [4.78, 5) is 0. The summed E-state index contributed by atoms with van der Waals surface area (Å²) in [6, 6.07) is 5.46. The van der Waals surface area contributed by atoms with Crippen molar-refractivity contribution in [3.05, 3.63) is 23.8 Å². The molecular formula is C15H23NO2. The van der Waals surface area contributed by atoms with Crippen molar-refractivity contribution in [3.63, 3.8) is 0 Å². The molecule has 1 aromatic carbocycles. The Morgan fingerprint density at radius 3 is 2.67 bits per heavy atom. The lowest BCUT2D eigenvalue weighted by molar-refractivity contribution is 0.123. The van der Waals surface area contributed by atoms with Gasteiger partial charge in [-0.05, 0) is 30.7 Å². The first-order chi connectivity index (χ1) is 8.69. The zero-order valence-electron chi connectivity index (χ0n) is 11.3. The normalized spacial score (nSPS) is 17.2. The molecule has 0 amide bonds. The lowest BCUT2D eigenvalue weighted by Crippen LogP contribution is -2.39. The first-order valence-corrected chi connectivity index (χ1v) is 6.76. The Bertz CT molecular complexity index is 394. The van der Waals surface area contributed by atoms with E-state index < -0.39 is 0 Å². The predicted molar refractivity (Wildman–Crippen MR) is 72.9 cm³/mol. The van der Waals surface area contributed by atoms with Crippen molar-refractivity contribution in [2.75, 3.05) is 13.7 Å². The Morgan fingerprint density at radius 2 is 2.17 bits per heavy atom.